The van der Waals surface area contributed by atoms with Crippen molar-refractivity contribution in [3.63, 3.8) is 0 Å². The predicted octanol–water partition coefficient (Wildman–Crippen LogP) is 4.36. The first-order chi connectivity index (χ1) is 11.4. The lowest BCUT2D eigenvalue weighted by molar-refractivity contribution is -0.114. The Morgan fingerprint density at radius 3 is 2.58 bits per heavy atom. The van der Waals surface area contributed by atoms with E-state index in [1.54, 1.807) is 30.2 Å². The van der Waals surface area contributed by atoms with E-state index in [-0.39, 0.29) is 11.7 Å². The first kappa shape index (κ1) is 17.4. The number of rotatable bonds is 2. The van der Waals surface area contributed by atoms with Gasteiger partial charge in [0, 0.05) is 17.1 Å². The van der Waals surface area contributed by atoms with E-state index in [4.69, 9.17) is 12.2 Å². The molecule has 1 aliphatic rings. The van der Waals surface area contributed by atoms with Crippen molar-refractivity contribution in [1.82, 2.24) is 4.90 Å². The van der Waals surface area contributed by atoms with Crippen LogP contribution in [0.25, 0.3) is 6.08 Å². The Kier molecular flexibility index (Phi) is 4.93. The number of hydrogen-bond acceptors (Lipinski definition) is 3. The van der Waals surface area contributed by atoms with E-state index in [0.29, 0.717) is 19.9 Å². The zero-order valence-electron chi connectivity index (χ0n) is 12.5. The monoisotopic (exact) mass is 514 g/mol. The van der Waals surface area contributed by atoms with Crippen molar-refractivity contribution < 1.29 is 9.90 Å². The molecule has 7 heteroatoms. The van der Waals surface area contributed by atoms with Gasteiger partial charge in [0.2, 0.25) is 0 Å². The summed E-state index contributed by atoms with van der Waals surface area (Å²) >= 11 is 10.9. The highest BCUT2D eigenvalue weighted by atomic mass is 127. The van der Waals surface area contributed by atoms with Crippen LogP contribution in [-0.2, 0) is 4.79 Å². The largest absolute Gasteiger partial charge is 0.506 e. The molecule has 2 aromatic carbocycles. The van der Waals surface area contributed by atoms with Crippen LogP contribution in [0.5, 0.6) is 5.75 Å². The second-order valence-corrected chi connectivity index (χ2v) is 7.62. The van der Waals surface area contributed by atoms with Gasteiger partial charge in [-0.1, -0.05) is 34.1 Å². The molecule has 0 aliphatic carbocycles. The number of benzene rings is 2. The van der Waals surface area contributed by atoms with Gasteiger partial charge in [0.15, 0.2) is 5.11 Å². The summed E-state index contributed by atoms with van der Waals surface area (Å²) in [6.45, 7) is 0. The summed E-state index contributed by atoms with van der Waals surface area (Å²) in [7, 11) is 1.75. The van der Waals surface area contributed by atoms with Crippen LogP contribution in [0.3, 0.4) is 0 Å². The van der Waals surface area contributed by atoms with Gasteiger partial charge < -0.3 is 10.0 Å². The highest BCUT2D eigenvalue weighted by Crippen LogP contribution is 2.33. The average Bonchev–Trinajstić information content (AvgIpc) is 2.76. The van der Waals surface area contributed by atoms with Crippen LogP contribution in [0.1, 0.15) is 5.56 Å². The summed E-state index contributed by atoms with van der Waals surface area (Å²) in [6.07, 6.45) is 1.65. The van der Waals surface area contributed by atoms with Crippen LogP contribution in [0, 0.1) is 3.57 Å². The number of likely N-dealkylation sites (N-methyl/N-ethyl adjacent to an activating group) is 1. The highest BCUT2D eigenvalue weighted by molar-refractivity contribution is 14.1. The Morgan fingerprint density at radius 2 is 1.92 bits per heavy atom. The van der Waals surface area contributed by atoms with E-state index in [2.05, 4.69) is 15.9 Å². The number of anilines is 1. The SMILES string of the molecule is CN1C(=S)N(c2ccccc2)C(=O)/C1=C/c1cc(Br)cc(I)c1O. The Morgan fingerprint density at radius 1 is 1.25 bits per heavy atom. The van der Waals surface area contributed by atoms with Gasteiger partial charge in [-0.25, -0.2) is 0 Å². The van der Waals surface area contributed by atoms with Crippen LogP contribution in [0.15, 0.2) is 52.6 Å². The molecule has 4 nitrogen and oxygen atoms in total. The number of carbonyl (C=O) groups excluding carboxylic acids is 1. The maximum atomic E-state index is 12.8. The average molecular weight is 515 g/mol. The van der Waals surface area contributed by atoms with Crippen LogP contribution < -0.4 is 4.90 Å². The molecule has 0 spiro atoms. The van der Waals surface area contributed by atoms with Crippen LogP contribution >= 0.6 is 50.7 Å². The van der Waals surface area contributed by atoms with Crippen molar-refractivity contribution in [1.29, 1.82) is 0 Å². The Balaban J connectivity index is 2.07. The van der Waals surface area contributed by atoms with Crippen molar-refractivity contribution in [2.45, 2.75) is 0 Å². The standard InChI is InChI=1S/C17H12BrIN2O2S/c1-20-14(8-10-7-11(18)9-13(19)15(10)22)16(23)21(17(20)24)12-5-3-2-4-6-12/h2-9,22H,1H3/b14-8-. The summed E-state index contributed by atoms with van der Waals surface area (Å²) in [6, 6.07) is 12.8. The molecule has 0 saturated carbocycles. The number of nitrogens with zero attached hydrogens (tertiary/aromatic N) is 2. The molecule has 0 atom stereocenters. The molecule has 1 amide bonds. The van der Waals surface area contributed by atoms with E-state index in [9.17, 15) is 9.90 Å². The number of carbonyl (C=O) groups is 1. The zero-order chi connectivity index (χ0) is 17.4. The Bertz CT molecular complexity index is 870. The molecule has 0 radical (unpaired) electrons. The van der Waals surface area contributed by atoms with Crippen LogP contribution in [0.2, 0.25) is 0 Å². The number of aromatic hydroxyl groups is 1. The van der Waals surface area contributed by atoms with Gasteiger partial charge in [0.1, 0.15) is 11.4 Å². The summed E-state index contributed by atoms with van der Waals surface area (Å²) in [5.74, 6) is -0.0836. The number of phenolic OH excluding ortho intramolecular Hbond substituents is 1. The lowest BCUT2D eigenvalue weighted by atomic mass is 10.1. The van der Waals surface area contributed by atoms with Gasteiger partial charge in [-0.05, 0) is 65.2 Å². The van der Waals surface area contributed by atoms with Crippen molar-refractivity contribution in [2.24, 2.45) is 0 Å². The minimum Gasteiger partial charge on any atom is -0.506 e. The molecule has 1 heterocycles. The van der Waals surface area contributed by atoms with Crippen molar-refractivity contribution in [3.8, 4) is 5.75 Å². The third-order valence-corrected chi connectivity index (χ3v) is 5.36. The number of halogens is 2. The molecule has 2 aromatic rings. The molecule has 0 unspecified atom stereocenters. The van der Waals surface area contributed by atoms with E-state index in [0.717, 1.165) is 10.2 Å². The van der Waals surface area contributed by atoms with Crippen LogP contribution in [-0.4, -0.2) is 28.1 Å². The minimum atomic E-state index is -0.219. The maximum absolute atomic E-state index is 12.8. The van der Waals surface area contributed by atoms with Gasteiger partial charge in [0.25, 0.3) is 5.91 Å². The van der Waals surface area contributed by atoms with Gasteiger partial charge in [-0.2, -0.15) is 0 Å². The number of para-hydroxylation sites is 1. The lowest BCUT2D eigenvalue weighted by Crippen LogP contribution is -2.30. The lowest BCUT2D eigenvalue weighted by Gasteiger charge is -2.16. The van der Waals surface area contributed by atoms with Crippen molar-refractivity contribution >= 4 is 73.5 Å². The van der Waals surface area contributed by atoms with Crippen molar-refractivity contribution in [2.75, 3.05) is 11.9 Å². The molecule has 0 aromatic heterocycles. The smallest absolute Gasteiger partial charge is 0.281 e. The van der Waals surface area contributed by atoms with Gasteiger partial charge in [-0.3, -0.25) is 9.69 Å². The van der Waals surface area contributed by atoms with E-state index in [1.807, 2.05) is 52.9 Å². The molecular formula is C17H12BrIN2O2S. The zero-order valence-corrected chi connectivity index (χ0v) is 17.1. The highest BCUT2D eigenvalue weighted by Gasteiger charge is 2.36. The molecular weight excluding hydrogens is 503 g/mol. The summed E-state index contributed by atoms with van der Waals surface area (Å²) in [5, 5.41) is 10.7. The number of hydrogen-bond donors (Lipinski definition) is 1. The van der Waals surface area contributed by atoms with E-state index >= 15 is 0 Å². The predicted molar refractivity (Wildman–Crippen MR) is 111 cm³/mol. The second kappa shape index (κ2) is 6.81. The number of thiocarbonyl (C=S) groups is 1. The first-order valence-corrected chi connectivity index (χ1v) is 9.25. The molecule has 122 valence electrons. The molecule has 1 N–H and O–H groups in total. The third-order valence-electron chi connectivity index (χ3n) is 3.63. The minimum absolute atomic E-state index is 0.136. The fourth-order valence-electron chi connectivity index (χ4n) is 2.40. The molecule has 1 aliphatic heterocycles. The fraction of sp³-hybridized carbons (Fsp3) is 0.0588. The molecule has 3 rings (SSSR count). The van der Waals surface area contributed by atoms with Crippen molar-refractivity contribution in [3.05, 3.63) is 61.8 Å². The van der Waals surface area contributed by atoms with E-state index < -0.39 is 0 Å². The Hall–Kier alpha value is -1.45. The summed E-state index contributed by atoms with van der Waals surface area (Å²) in [4.78, 5) is 16.0. The molecule has 1 saturated heterocycles. The number of amides is 1. The molecule has 24 heavy (non-hydrogen) atoms. The normalized spacial score (nSPS) is 16.4. The summed E-state index contributed by atoms with van der Waals surface area (Å²) < 4.78 is 1.52. The summed E-state index contributed by atoms with van der Waals surface area (Å²) in [5.41, 5.74) is 1.69. The van der Waals surface area contributed by atoms with Gasteiger partial charge in [-0.15, -0.1) is 0 Å². The molecule has 0 bridgehead atoms. The maximum Gasteiger partial charge on any atom is 0.281 e. The molecule has 1 fully saturated rings. The number of phenols is 1. The van der Waals surface area contributed by atoms with Gasteiger partial charge >= 0.3 is 0 Å². The van der Waals surface area contributed by atoms with E-state index in [1.165, 1.54) is 4.90 Å². The second-order valence-electron chi connectivity index (χ2n) is 5.17. The fourth-order valence-corrected chi connectivity index (χ4v) is 4.24. The first-order valence-electron chi connectivity index (χ1n) is 6.97. The topological polar surface area (TPSA) is 43.8 Å². The Labute approximate surface area is 167 Å². The van der Waals surface area contributed by atoms with Crippen LogP contribution in [0.4, 0.5) is 5.69 Å². The van der Waals surface area contributed by atoms with Gasteiger partial charge in [0.05, 0.1) is 9.26 Å². The third kappa shape index (κ3) is 3.07. The quantitative estimate of drug-likeness (QED) is 0.367.